The van der Waals surface area contributed by atoms with Crippen molar-refractivity contribution in [3.63, 3.8) is 0 Å². The standard InChI is InChI=1S/C14H17NO/c1-15(9-10-16-2)14-8-7-12-5-3-4-6-13(12)11-14/h3-8,11H,9-10H2,1-2H3. The number of ether oxygens (including phenoxy) is 1. The van der Waals surface area contributed by atoms with Crippen LogP contribution in [0.1, 0.15) is 0 Å². The molecule has 0 radical (unpaired) electrons. The van der Waals surface area contributed by atoms with Crippen molar-refractivity contribution in [3.8, 4) is 0 Å². The maximum Gasteiger partial charge on any atom is 0.0637 e. The van der Waals surface area contributed by atoms with Crippen LogP contribution in [0.15, 0.2) is 42.5 Å². The second-order valence-corrected chi connectivity index (χ2v) is 3.95. The number of likely N-dealkylation sites (N-methyl/N-ethyl adjacent to an activating group) is 1. The number of fused-ring (bicyclic) bond motifs is 1. The molecule has 0 atom stereocenters. The molecule has 0 saturated heterocycles. The lowest BCUT2D eigenvalue weighted by atomic mass is 10.1. The third-order valence-electron chi connectivity index (χ3n) is 2.80. The Morgan fingerprint density at radius 1 is 1.06 bits per heavy atom. The van der Waals surface area contributed by atoms with Crippen LogP contribution in [0.25, 0.3) is 10.8 Å². The van der Waals surface area contributed by atoms with Gasteiger partial charge in [0, 0.05) is 26.4 Å². The van der Waals surface area contributed by atoms with Crippen molar-refractivity contribution >= 4 is 16.5 Å². The van der Waals surface area contributed by atoms with Gasteiger partial charge in [-0.1, -0.05) is 30.3 Å². The number of anilines is 1. The lowest BCUT2D eigenvalue weighted by molar-refractivity contribution is 0.206. The summed E-state index contributed by atoms with van der Waals surface area (Å²) >= 11 is 0. The molecule has 2 heteroatoms. The predicted molar refractivity (Wildman–Crippen MR) is 69.1 cm³/mol. The van der Waals surface area contributed by atoms with Crippen molar-refractivity contribution in [2.45, 2.75) is 0 Å². The third-order valence-corrected chi connectivity index (χ3v) is 2.80. The lowest BCUT2D eigenvalue weighted by Gasteiger charge is -2.19. The van der Waals surface area contributed by atoms with Gasteiger partial charge in [0.05, 0.1) is 6.61 Å². The lowest BCUT2D eigenvalue weighted by Crippen LogP contribution is -2.21. The second kappa shape index (κ2) is 4.99. The van der Waals surface area contributed by atoms with Gasteiger partial charge in [-0.3, -0.25) is 0 Å². The van der Waals surface area contributed by atoms with E-state index in [1.807, 2.05) is 0 Å². The van der Waals surface area contributed by atoms with Crippen LogP contribution in [-0.2, 0) is 4.74 Å². The molecule has 0 amide bonds. The SMILES string of the molecule is COCCN(C)c1ccc2ccccc2c1. The van der Waals surface area contributed by atoms with Gasteiger partial charge in [-0.15, -0.1) is 0 Å². The molecule has 0 aliphatic heterocycles. The first-order chi connectivity index (χ1) is 7.81. The van der Waals surface area contributed by atoms with Gasteiger partial charge in [-0.25, -0.2) is 0 Å². The number of rotatable bonds is 4. The molecule has 0 spiro atoms. The number of benzene rings is 2. The maximum atomic E-state index is 5.08. The highest BCUT2D eigenvalue weighted by atomic mass is 16.5. The minimum absolute atomic E-state index is 0.753. The highest BCUT2D eigenvalue weighted by Crippen LogP contribution is 2.20. The summed E-state index contributed by atoms with van der Waals surface area (Å²) in [6.07, 6.45) is 0. The van der Waals surface area contributed by atoms with Gasteiger partial charge < -0.3 is 9.64 Å². The van der Waals surface area contributed by atoms with E-state index < -0.39 is 0 Å². The minimum atomic E-state index is 0.753. The van der Waals surface area contributed by atoms with Crippen LogP contribution in [-0.4, -0.2) is 27.3 Å². The van der Waals surface area contributed by atoms with Gasteiger partial charge in [-0.2, -0.15) is 0 Å². The van der Waals surface area contributed by atoms with Gasteiger partial charge >= 0.3 is 0 Å². The van der Waals surface area contributed by atoms with E-state index in [9.17, 15) is 0 Å². The van der Waals surface area contributed by atoms with E-state index in [-0.39, 0.29) is 0 Å². The van der Waals surface area contributed by atoms with Crippen LogP contribution in [0.5, 0.6) is 0 Å². The molecule has 0 heterocycles. The zero-order valence-corrected chi connectivity index (χ0v) is 9.81. The van der Waals surface area contributed by atoms with Gasteiger partial charge in [0.2, 0.25) is 0 Å². The summed E-state index contributed by atoms with van der Waals surface area (Å²) in [5.41, 5.74) is 1.23. The summed E-state index contributed by atoms with van der Waals surface area (Å²) in [5, 5.41) is 2.57. The first-order valence-corrected chi connectivity index (χ1v) is 5.50. The second-order valence-electron chi connectivity index (χ2n) is 3.95. The Bertz CT molecular complexity index is 467. The van der Waals surface area contributed by atoms with E-state index >= 15 is 0 Å². The number of nitrogens with zero attached hydrogens (tertiary/aromatic N) is 1. The Hall–Kier alpha value is -1.54. The molecule has 0 saturated carbocycles. The molecule has 0 aromatic heterocycles. The highest BCUT2D eigenvalue weighted by Gasteiger charge is 2.01. The van der Waals surface area contributed by atoms with Gasteiger partial charge in [-0.05, 0) is 22.9 Å². The van der Waals surface area contributed by atoms with Crippen molar-refractivity contribution in [2.75, 3.05) is 32.2 Å². The fourth-order valence-corrected chi connectivity index (χ4v) is 1.77. The molecule has 0 N–H and O–H groups in total. The molecule has 2 aromatic rings. The predicted octanol–water partition coefficient (Wildman–Crippen LogP) is 2.92. The number of hydrogen-bond donors (Lipinski definition) is 0. The first kappa shape index (κ1) is 11.0. The summed E-state index contributed by atoms with van der Waals surface area (Å²) in [4.78, 5) is 2.20. The van der Waals surface area contributed by atoms with Crippen LogP contribution >= 0.6 is 0 Å². The Morgan fingerprint density at radius 3 is 2.56 bits per heavy atom. The van der Waals surface area contributed by atoms with Crippen molar-refractivity contribution in [1.29, 1.82) is 0 Å². The van der Waals surface area contributed by atoms with Gasteiger partial charge in [0.1, 0.15) is 0 Å². The average Bonchev–Trinajstić information content (AvgIpc) is 2.35. The largest absolute Gasteiger partial charge is 0.383 e. The fraction of sp³-hybridized carbons (Fsp3) is 0.286. The van der Waals surface area contributed by atoms with Crippen LogP contribution in [0.3, 0.4) is 0 Å². The van der Waals surface area contributed by atoms with Crippen molar-refractivity contribution in [2.24, 2.45) is 0 Å². The van der Waals surface area contributed by atoms with Crippen molar-refractivity contribution in [1.82, 2.24) is 0 Å². The third kappa shape index (κ3) is 2.34. The quantitative estimate of drug-likeness (QED) is 0.777. The zero-order chi connectivity index (χ0) is 11.4. The van der Waals surface area contributed by atoms with E-state index in [2.05, 4.69) is 54.4 Å². The molecule has 0 unspecified atom stereocenters. The van der Waals surface area contributed by atoms with Crippen LogP contribution in [0, 0.1) is 0 Å². The van der Waals surface area contributed by atoms with Gasteiger partial charge in [0.25, 0.3) is 0 Å². The van der Waals surface area contributed by atoms with Gasteiger partial charge in [0.15, 0.2) is 0 Å². The summed E-state index contributed by atoms with van der Waals surface area (Å²) in [7, 11) is 3.82. The van der Waals surface area contributed by atoms with E-state index in [0.29, 0.717) is 0 Å². The van der Waals surface area contributed by atoms with E-state index in [0.717, 1.165) is 13.2 Å². The molecule has 16 heavy (non-hydrogen) atoms. The summed E-state index contributed by atoms with van der Waals surface area (Å²) in [6.45, 7) is 1.66. The molecular weight excluding hydrogens is 198 g/mol. The van der Waals surface area contributed by atoms with Crippen LogP contribution < -0.4 is 4.90 Å². The molecule has 84 valence electrons. The minimum Gasteiger partial charge on any atom is -0.383 e. The molecule has 2 aromatic carbocycles. The van der Waals surface area contributed by atoms with E-state index in [1.165, 1.54) is 16.5 Å². The zero-order valence-electron chi connectivity index (χ0n) is 9.81. The fourth-order valence-electron chi connectivity index (χ4n) is 1.77. The van der Waals surface area contributed by atoms with E-state index in [4.69, 9.17) is 4.74 Å². The highest BCUT2D eigenvalue weighted by molar-refractivity contribution is 5.85. The average molecular weight is 215 g/mol. The molecule has 2 nitrogen and oxygen atoms in total. The Labute approximate surface area is 96.4 Å². The number of methoxy groups -OCH3 is 1. The first-order valence-electron chi connectivity index (χ1n) is 5.50. The molecular formula is C14H17NO. The molecule has 0 aliphatic rings. The topological polar surface area (TPSA) is 12.5 Å². The monoisotopic (exact) mass is 215 g/mol. The smallest absolute Gasteiger partial charge is 0.0637 e. The maximum absolute atomic E-state index is 5.08. The summed E-state index contributed by atoms with van der Waals surface area (Å²) in [6, 6.07) is 14.9. The Kier molecular flexibility index (Phi) is 3.42. The van der Waals surface area contributed by atoms with E-state index in [1.54, 1.807) is 7.11 Å². The molecule has 2 rings (SSSR count). The van der Waals surface area contributed by atoms with Crippen LogP contribution in [0.4, 0.5) is 5.69 Å². The van der Waals surface area contributed by atoms with Crippen molar-refractivity contribution < 1.29 is 4.74 Å². The summed E-state index contributed by atoms with van der Waals surface area (Å²) < 4.78 is 5.08. The summed E-state index contributed by atoms with van der Waals surface area (Å²) in [5.74, 6) is 0. The van der Waals surface area contributed by atoms with Crippen LogP contribution in [0.2, 0.25) is 0 Å². The molecule has 0 aliphatic carbocycles. The Morgan fingerprint density at radius 2 is 1.81 bits per heavy atom. The Balaban J connectivity index is 2.25. The number of hydrogen-bond acceptors (Lipinski definition) is 2. The van der Waals surface area contributed by atoms with Crippen molar-refractivity contribution in [3.05, 3.63) is 42.5 Å². The molecule has 0 fully saturated rings. The molecule has 0 bridgehead atoms. The normalized spacial score (nSPS) is 10.6.